The molecule has 0 radical (unpaired) electrons. The number of hydrogen-bond acceptors (Lipinski definition) is 4. The van der Waals surface area contributed by atoms with Crippen LogP contribution in [-0.2, 0) is 16.1 Å². The summed E-state index contributed by atoms with van der Waals surface area (Å²) in [5.74, 6) is -0.938. The van der Waals surface area contributed by atoms with Crippen LogP contribution in [0.15, 0.2) is 54.6 Å². The second kappa shape index (κ2) is 9.96. The van der Waals surface area contributed by atoms with E-state index in [1.165, 1.54) is 6.92 Å². The van der Waals surface area contributed by atoms with Gasteiger partial charge in [0.2, 0.25) is 5.91 Å². The molecular weight excluding hydrogens is 406 g/mol. The number of carbonyl (C=O) groups is 3. The summed E-state index contributed by atoms with van der Waals surface area (Å²) >= 11 is 0. The van der Waals surface area contributed by atoms with Crippen LogP contribution in [0.25, 0.3) is 0 Å². The fourth-order valence-electron chi connectivity index (χ4n) is 3.69. The predicted octanol–water partition coefficient (Wildman–Crippen LogP) is 4.54. The molecular formula is C25H27N3O4. The predicted molar refractivity (Wildman–Crippen MR) is 124 cm³/mol. The van der Waals surface area contributed by atoms with Gasteiger partial charge in [0.15, 0.2) is 0 Å². The van der Waals surface area contributed by atoms with Crippen molar-refractivity contribution in [3.8, 4) is 0 Å². The van der Waals surface area contributed by atoms with Crippen LogP contribution < -0.4 is 10.6 Å². The highest BCUT2D eigenvalue weighted by Crippen LogP contribution is 2.26. The lowest BCUT2D eigenvalue weighted by Gasteiger charge is -2.12. The molecule has 7 heteroatoms. The van der Waals surface area contributed by atoms with Crippen molar-refractivity contribution in [2.75, 3.05) is 17.2 Å². The maximum Gasteiger partial charge on any atom is 0.355 e. The van der Waals surface area contributed by atoms with E-state index < -0.39 is 5.97 Å². The maximum atomic E-state index is 13.2. The van der Waals surface area contributed by atoms with E-state index in [2.05, 4.69) is 10.6 Å². The van der Waals surface area contributed by atoms with Crippen LogP contribution in [0.3, 0.4) is 0 Å². The first-order valence-corrected chi connectivity index (χ1v) is 10.4. The molecule has 0 aliphatic carbocycles. The molecule has 166 valence electrons. The van der Waals surface area contributed by atoms with E-state index in [0.29, 0.717) is 40.4 Å². The van der Waals surface area contributed by atoms with Gasteiger partial charge in [-0.25, -0.2) is 4.79 Å². The summed E-state index contributed by atoms with van der Waals surface area (Å²) in [6, 6.07) is 16.6. The first kappa shape index (κ1) is 22.8. The van der Waals surface area contributed by atoms with Crippen LogP contribution in [-0.4, -0.2) is 29.0 Å². The molecule has 0 aliphatic heterocycles. The minimum absolute atomic E-state index is 0.167. The van der Waals surface area contributed by atoms with Gasteiger partial charge >= 0.3 is 5.97 Å². The fourth-order valence-corrected chi connectivity index (χ4v) is 3.69. The average Bonchev–Trinajstić information content (AvgIpc) is 2.99. The quantitative estimate of drug-likeness (QED) is 0.535. The van der Waals surface area contributed by atoms with Crippen molar-refractivity contribution in [3.63, 3.8) is 0 Å². The summed E-state index contributed by atoms with van der Waals surface area (Å²) in [6.45, 7) is 7.46. The highest BCUT2D eigenvalue weighted by Gasteiger charge is 2.27. The van der Waals surface area contributed by atoms with Crippen molar-refractivity contribution in [1.82, 2.24) is 4.57 Å². The number of hydrogen-bond donors (Lipinski definition) is 2. The van der Waals surface area contributed by atoms with E-state index in [1.807, 2.05) is 41.8 Å². The summed E-state index contributed by atoms with van der Waals surface area (Å²) < 4.78 is 7.10. The van der Waals surface area contributed by atoms with Gasteiger partial charge < -0.3 is 19.9 Å². The molecule has 0 spiro atoms. The van der Waals surface area contributed by atoms with Crippen LogP contribution in [0.5, 0.6) is 0 Å². The van der Waals surface area contributed by atoms with E-state index in [0.717, 1.165) is 5.56 Å². The second-order valence-electron chi connectivity index (χ2n) is 7.44. The Morgan fingerprint density at radius 3 is 2.06 bits per heavy atom. The normalized spacial score (nSPS) is 10.5. The lowest BCUT2D eigenvalue weighted by molar-refractivity contribution is -0.114. The zero-order chi connectivity index (χ0) is 23.3. The topological polar surface area (TPSA) is 89.4 Å². The molecule has 1 heterocycles. The molecule has 3 rings (SSSR count). The summed E-state index contributed by atoms with van der Waals surface area (Å²) in [5, 5.41) is 5.57. The van der Waals surface area contributed by atoms with Gasteiger partial charge in [-0.05, 0) is 56.2 Å². The molecule has 0 fully saturated rings. The highest BCUT2D eigenvalue weighted by molar-refractivity contribution is 6.08. The largest absolute Gasteiger partial charge is 0.461 e. The number of carbonyl (C=O) groups excluding carboxylic acids is 3. The zero-order valence-corrected chi connectivity index (χ0v) is 18.7. The number of nitrogens with zero attached hydrogens (tertiary/aromatic N) is 1. The monoisotopic (exact) mass is 433 g/mol. The minimum atomic E-state index is -0.456. The Morgan fingerprint density at radius 1 is 0.906 bits per heavy atom. The Balaban J connectivity index is 1.94. The molecule has 1 aromatic heterocycles. The van der Waals surface area contributed by atoms with Gasteiger partial charge in [0, 0.05) is 30.5 Å². The third-order valence-electron chi connectivity index (χ3n) is 5.11. The number of nitrogens with one attached hydrogen (secondary N) is 2. The Hall–Kier alpha value is -3.87. The smallest absolute Gasteiger partial charge is 0.355 e. The minimum Gasteiger partial charge on any atom is -0.461 e. The van der Waals surface area contributed by atoms with E-state index in [4.69, 9.17) is 4.74 Å². The SMILES string of the molecule is CCOC(=O)c1c(C)c(C(=O)Nc2ccc(NC(C)=O)cc2)c(C)n1Cc1ccccc1. The Kier molecular flexibility index (Phi) is 7.10. The van der Waals surface area contributed by atoms with Gasteiger partial charge in [-0.2, -0.15) is 0 Å². The molecule has 32 heavy (non-hydrogen) atoms. The van der Waals surface area contributed by atoms with Crippen LogP contribution in [0.2, 0.25) is 0 Å². The van der Waals surface area contributed by atoms with Gasteiger partial charge in [0.25, 0.3) is 5.91 Å². The zero-order valence-electron chi connectivity index (χ0n) is 18.7. The molecule has 0 saturated heterocycles. The highest BCUT2D eigenvalue weighted by atomic mass is 16.5. The van der Waals surface area contributed by atoms with Gasteiger partial charge in [-0.3, -0.25) is 9.59 Å². The second-order valence-corrected chi connectivity index (χ2v) is 7.44. The van der Waals surface area contributed by atoms with E-state index in [9.17, 15) is 14.4 Å². The van der Waals surface area contributed by atoms with Crippen LogP contribution in [0, 0.1) is 13.8 Å². The Labute approximate surface area is 187 Å². The summed E-state index contributed by atoms with van der Waals surface area (Å²) in [4.78, 5) is 37.1. The van der Waals surface area contributed by atoms with Crippen molar-refractivity contribution in [2.24, 2.45) is 0 Å². The lowest BCUT2D eigenvalue weighted by Crippen LogP contribution is -2.15. The molecule has 0 atom stereocenters. The first-order chi connectivity index (χ1) is 15.3. The number of anilines is 2. The van der Waals surface area contributed by atoms with Crippen LogP contribution in [0.4, 0.5) is 11.4 Å². The van der Waals surface area contributed by atoms with Gasteiger partial charge in [-0.15, -0.1) is 0 Å². The summed E-state index contributed by atoms with van der Waals surface area (Å²) in [6.07, 6.45) is 0. The number of benzene rings is 2. The summed E-state index contributed by atoms with van der Waals surface area (Å²) in [7, 11) is 0. The number of ether oxygens (including phenoxy) is 1. The van der Waals surface area contributed by atoms with E-state index >= 15 is 0 Å². The van der Waals surface area contributed by atoms with Crippen molar-refractivity contribution in [1.29, 1.82) is 0 Å². The molecule has 2 aromatic carbocycles. The van der Waals surface area contributed by atoms with Crippen molar-refractivity contribution >= 4 is 29.2 Å². The van der Waals surface area contributed by atoms with E-state index in [-0.39, 0.29) is 18.4 Å². The van der Waals surface area contributed by atoms with E-state index in [1.54, 1.807) is 38.1 Å². The lowest BCUT2D eigenvalue weighted by atomic mass is 10.1. The molecule has 2 N–H and O–H groups in total. The molecule has 2 amide bonds. The van der Waals surface area contributed by atoms with Crippen molar-refractivity contribution in [2.45, 2.75) is 34.2 Å². The molecule has 3 aromatic rings. The fraction of sp³-hybridized carbons (Fsp3) is 0.240. The maximum absolute atomic E-state index is 13.2. The number of aromatic nitrogens is 1. The van der Waals surface area contributed by atoms with Crippen molar-refractivity contribution < 1.29 is 19.1 Å². The van der Waals surface area contributed by atoms with Crippen LogP contribution >= 0.6 is 0 Å². The summed E-state index contributed by atoms with van der Waals surface area (Å²) in [5.41, 5.74) is 4.30. The standard InChI is InChI=1S/C25H27N3O4/c1-5-32-25(31)23-16(2)22(17(3)28(23)15-19-9-7-6-8-10-19)24(30)27-21-13-11-20(12-14-21)26-18(4)29/h6-14H,5,15H2,1-4H3,(H,26,29)(H,27,30). The average molecular weight is 434 g/mol. The molecule has 0 aliphatic rings. The number of esters is 1. The molecule has 0 saturated carbocycles. The number of rotatable bonds is 7. The number of amides is 2. The third kappa shape index (κ3) is 5.06. The molecule has 0 unspecified atom stereocenters. The Morgan fingerprint density at radius 2 is 1.50 bits per heavy atom. The first-order valence-electron chi connectivity index (χ1n) is 10.4. The van der Waals surface area contributed by atoms with Gasteiger partial charge in [-0.1, -0.05) is 30.3 Å². The third-order valence-corrected chi connectivity index (χ3v) is 5.11. The van der Waals surface area contributed by atoms with Gasteiger partial charge in [0.1, 0.15) is 5.69 Å². The van der Waals surface area contributed by atoms with Crippen LogP contribution in [0.1, 0.15) is 51.5 Å². The molecule has 7 nitrogen and oxygen atoms in total. The molecule has 0 bridgehead atoms. The van der Waals surface area contributed by atoms with Gasteiger partial charge in [0.05, 0.1) is 12.2 Å². The Bertz CT molecular complexity index is 1130. The van der Waals surface area contributed by atoms with Crippen molar-refractivity contribution in [3.05, 3.63) is 82.7 Å².